The number of hydrogen-bond donors (Lipinski definition) is 2. The number of carboxylic acids is 1. The molecule has 3 N–H and O–H groups in total. The van der Waals surface area contributed by atoms with Crippen LogP contribution < -0.4 is 15.2 Å². The summed E-state index contributed by atoms with van der Waals surface area (Å²) in [4.78, 5) is 11.0. The number of para-hydroxylation sites is 1. The lowest BCUT2D eigenvalue weighted by molar-refractivity contribution is 0.0691. The van der Waals surface area contributed by atoms with Crippen molar-refractivity contribution in [2.75, 3.05) is 18.9 Å². The monoisotopic (exact) mass is 273 g/mol. The fraction of sp³-hybridized carbons (Fsp3) is 0.133. The molecular formula is C15H15NO4. The average molecular weight is 273 g/mol. The number of nitrogens with two attached hydrogens (primary N) is 1. The van der Waals surface area contributed by atoms with Crippen molar-refractivity contribution in [1.82, 2.24) is 0 Å². The van der Waals surface area contributed by atoms with Crippen molar-refractivity contribution in [3.8, 4) is 11.5 Å². The number of hydrogen-bond acceptors (Lipinski definition) is 4. The van der Waals surface area contributed by atoms with Gasteiger partial charge in [-0.25, -0.2) is 4.79 Å². The summed E-state index contributed by atoms with van der Waals surface area (Å²) in [5.41, 5.74) is 6.15. The van der Waals surface area contributed by atoms with E-state index in [0.29, 0.717) is 12.3 Å². The first-order valence-corrected chi connectivity index (χ1v) is 6.10. The molecule has 104 valence electrons. The molecule has 0 aromatic heterocycles. The molecule has 0 bridgehead atoms. The van der Waals surface area contributed by atoms with Crippen molar-refractivity contribution in [2.45, 2.75) is 0 Å². The highest BCUT2D eigenvalue weighted by Gasteiger charge is 2.11. The Kier molecular flexibility index (Phi) is 4.44. The van der Waals surface area contributed by atoms with E-state index in [1.807, 2.05) is 30.3 Å². The van der Waals surface area contributed by atoms with Crippen molar-refractivity contribution < 1.29 is 19.4 Å². The van der Waals surface area contributed by atoms with Crippen molar-refractivity contribution >= 4 is 11.7 Å². The zero-order chi connectivity index (χ0) is 14.4. The molecule has 0 saturated carbocycles. The van der Waals surface area contributed by atoms with Crippen LogP contribution in [0.1, 0.15) is 10.4 Å². The summed E-state index contributed by atoms with van der Waals surface area (Å²) in [6.07, 6.45) is 0. The fourth-order valence-corrected chi connectivity index (χ4v) is 1.66. The molecule has 0 radical (unpaired) electrons. The molecule has 0 aliphatic carbocycles. The number of anilines is 1. The summed E-state index contributed by atoms with van der Waals surface area (Å²) in [6.45, 7) is 0.552. The van der Waals surface area contributed by atoms with Crippen LogP contribution >= 0.6 is 0 Å². The number of carboxylic acid groups (broad SMARTS) is 1. The van der Waals surface area contributed by atoms with Gasteiger partial charge in [-0.15, -0.1) is 0 Å². The Labute approximate surface area is 116 Å². The van der Waals surface area contributed by atoms with Crippen molar-refractivity contribution in [2.24, 2.45) is 0 Å². The Hall–Kier alpha value is -2.69. The number of nitrogen functional groups attached to an aromatic ring is 1. The highest BCUT2D eigenvalue weighted by Crippen LogP contribution is 2.21. The summed E-state index contributed by atoms with van der Waals surface area (Å²) in [5.74, 6) is -0.0692. The summed E-state index contributed by atoms with van der Waals surface area (Å²) in [5, 5.41) is 9.04. The minimum atomic E-state index is -1.05. The van der Waals surface area contributed by atoms with Gasteiger partial charge < -0.3 is 20.3 Å². The molecule has 0 aliphatic rings. The van der Waals surface area contributed by atoms with E-state index in [4.69, 9.17) is 20.3 Å². The van der Waals surface area contributed by atoms with Gasteiger partial charge in [0.2, 0.25) is 0 Å². The Bertz CT molecular complexity index is 584. The molecule has 0 heterocycles. The molecule has 2 rings (SSSR count). The number of rotatable bonds is 6. The summed E-state index contributed by atoms with van der Waals surface area (Å²) < 4.78 is 10.9. The van der Waals surface area contributed by atoms with Gasteiger partial charge in [-0.2, -0.15) is 0 Å². The predicted molar refractivity (Wildman–Crippen MR) is 75.2 cm³/mol. The van der Waals surface area contributed by atoms with Crippen molar-refractivity contribution in [3.05, 3.63) is 54.1 Å². The molecule has 0 unspecified atom stereocenters. The van der Waals surface area contributed by atoms with Gasteiger partial charge in [0.25, 0.3) is 0 Å². The summed E-state index contributed by atoms with van der Waals surface area (Å²) in [6, 6.07) is 13.8. The van der Waals surface area contributed by atoms with Crippen LogP contribution in [0.3, 0.4) is 0 Å². The zero-order valence-electron chi connectivity index (χ0n) is 10.8. The van der Waals surface area contributed by atoms with E-state index in [0.717, 1.165) is 5.75 Å². The second-order valence-corrected chi connectivity index (χ2v) is 4.07. The Morgan fingerprint density at radius 2 is 1.75 bits per heavy atom. The Morgan fingerprint density at radius 3 is 2.45 bits per heavy atom. The third-order valence-corrected chi connectivity index (χ3v) is 2.59. The van der Waals surface area contributed by atoms with Gasteiger partial charge >= 0.3 is 5.97 Å². The molecule has 0 fully saturated rings. The molecule has 5 heteroatoms. The van der Waals surface area contributed by atoms with Crippen LogP contribution in [-0.2, 0) is 0 Å². The van der Waals surface area contributed by atoms with Crippen LogP contribution in [0.2, 0.25) is 0 Å². The van der Waals surface area contributed by atoms with Crippen LogP contribution in [-0.4, -0.2) is 24.3 Å². The predicted octanol–water partition coefficient (Wildman–Crippen LogP) is 2.42. The molecule has 2 aromatic rings. The lowest BCUT2D eigenvalue weighted by atomic mass is 10.2. The van der Waals surface area contributed by atoms with Gasteiger partial charge in [-0.3, -0.25) is 0 Å². The second kappa shape index (κ2) is 6.47. The van der Waals surface area contributed by atoms with Crippen LogP contribution in [0.5, 0.6) is 11.5 Å². The maximum atomic E-state index is 11.0. The van der Waals surface area contributed by atoms with E-state index in [9.17, 15) is 4.79 Å². The van der Waals surface area contributed by atoms with Crippen LogP contribution in [0.15, 0.2) is 48.5 Å². The first-order valence-electron chi connectivity index (χ1n) is 6.10. The van der Waals surface area contributed by atoms with E-state index in [1.165, 1.54) is 18.2 Å². The molecule has 0 saturated heterocycles. The third kappa shape index (κ3) is 3.65. The van der Waals surface area contributed by atoms with Gasteiger partial charge in [-0.1, -0.05) is 18.2 Å². The molecule has 2 aromatic carbocycles. The average Bonchev–Trinajstić information content (AvgIpc) is 2.44. The zero-order valence-corrected chi connectivity index (χ0v) is 10.8. The van der Waals surface area contributed by atoms with Gasteiger partial charge in [0.05, 0.1) is 0 Å². The second-order valence-electron chi connectivity index (χ2n) is 4.07. The fourth-order valence-electron chi connectivity index (χ4n) is 1.66. The first kappa shape index (κ1) is 13.7. The molecule has 5 nitrogen and oxygen atoms in total. The molecule has 0 spiro atoms. The standard InChI is InChI=1S/C15H15NO4/c16-11-6-7-13(15(17)18)14(10-11)20-9-8-19-12-4-2-1-3-5-12/h1-7,10H,8-9,16H2,(H,17,18). The lowest BCUT2D eigenvalue weighted by Gasteiger charge is -2.11. The van der Waals surface area contributed by atoms with Crippen LogP contribution in [0.4, 0.5) is 5.69 Å². The van der Waals surface area contributed by atoms with Gasteiger partial charge in [0, 0.05) is 11.8 Å². The minimum Gasteiger partial charge on any atom is -0.490 e. The maximum Gasteiger partial charge on any atom is 0.339 e. The van der Waals surface area contributed by atoms with Gasteiger partial charge in [0.1, 0.15) is 30.3 Å². The number of carbonyl (C=O) groups is 1. The minimum absolute atomic E-state index is 0.0823. The van der Waals surface area contributed by atoms with E-state index in [-0.39, 0.29) is 17.9 Å². The molecule has 0 aliphatic heterocycles. The highest BCUT2D eigenvalue weighted by molar-refractivity contribution is 5.91. The van der Waals surface area contributed by atoms with E-state index in [2.05, 4.69) is 0 Å². The first-order chi connectivity index (χ1) is 9.66. The SMILES string of the molecule is Nc1ccc(C(=O)O)c(OCCOc2ccccc2)c1. The molecule has 20 heavy (non-hydrogen) atoms. The molecule has 0 amide bonds. The van der Waals surface area contributed by atoms with Crippen molar-refractivity contribution in [1.29, 1.82) is 0 Å². The largest absolute Gasteiger partial charge is 0.490 e. The summed E-state index contributed by atoms with van der Waals surface area (Å²) in [7, 11) is 0. The Balaban J connectivity index is 1.91. The van der Waals surface area contributed by atoms with E-state index >= 15 is 0 Å². The quantitative estimate of drug-likeness (QED) is 0.624. The lowest BCUT2D eigenvalue weighted by Crippen LogP contribution is -2.11. The number of ether oxygens (including phenoxy) is 2. The Morgan fingerprint density at radius 1 is 1.05 bits per heavy atom. The number of aromatic carboxylic acids is 1. The molecular weight excluding hydrogens is 258 g/mol. The summed E-state index contributed by atoms with van der Waals surface area (Å²) >= 11 is 0. The topological polar surface area (TPSA) is 81.8 Å². The van der Waals surface area contributed by atoms with E-state index < -0.39 is 5.97 Å². The smallest absolute Gasteiger partial charge is 0.339 e. The number of benzene rings is 2. The van der Waals surface area contributed by atoms with Crippen LogP contribution in [0.25, 0.3) is 0 Å². The van der Waals surface area contributed by atoms with Crippen molar-refractivity contribution in [3.63, 3.8) is 0 Å². The normalized spacial score (nSPS) is 10.0. The molecule has 0 atom stereocenters. The third-order valence-electron chi connectivity index (χ3n) is 2.59. The maximum absolute atomic E-state index is 11.0. The highest BCUT2D eigenvalue weighted by atomic mass is 16.5. The van der Waals surface area contributed by atoms with E-state index in [1.54, 1.807) is 0 Å². The van der Waals surface area contributed by atoms with Gasteiger partial charge in [0.15, 0.2) is 0 Å². The van der Waals surface area contributed by atoms with Gasteiger partial charge in [-0.05, 0) is 24.3 Å². The van der Waals surface area contributed by atoms with Crippen LogP contribution in [0, 0.1) is 0 Å².